The third-order valence-electron chi connectivity index (χ3n) is 4.15. The van der Waals surface area contributed by atoms with Gasteiger partial charge in [0, 0.05) is 32.3 Å². The number of carbonyl (C=O) groups is 2. The number of nitrogens with one attached hydrogen (secondary N) is 1. The van der Waals surface area contributed by atoms with E-state index in [1.54, 1.807) is 4.90 Å². The number of rotatable bonds is 3. The van der Waals surface area contributed by atoms with Crippen LogP contribution >= 0.6 is 0 Å². The minimum atomic E-state index is -0.265. The molecule has 3 heterocycles. The number of amides is 3. The molecule has 0 radical (unpaired) electrons. The summed E-state index contributed by atoms with van der Waals surface area (Å²) in [5.41, 5.74) is 1.23. The third-order valence-corrected chi connectivity index (χ3v) is 4.15. The highest BCUT2D eigenvalue weighted by Crippen LogP contribution is 2.24. The highest BCUT2D eigenvalue weighted by atomic mass is 16.2. The summed E-state index contributed by atoms with van der Waals surface area (Å²) in [5, 5.41) is 2.37. The Morgan fingerprint density at radius 2 is 2.05 bits per heavy atom. The lowest BCUT2D eigenvalue weighted by Gasteiger charge is -2.46. The Hall–Kier alpha value is -2.11. The van der Waals surface area contributed by atoms with E-state index in [0.29, 0.717) is 18.9 Å². The van der Waals surface area contributed by atoms with Crippen LogP contribution in [0.5, 0.6) is 0 Å². The number of carbonyl (C=O) groups excluding carboxylic acids is 2. The second-order valence-corrected chi connectivity index (χ2v) is 5.96. The van der Waals surface area contributed by atoms with Crippen molar-refractivity contribution in [3.63, 3.8) is 0 Å². The van der Waals surface area contributed by atoms with Crippen molar-refractivity contribution in [2.24, 2.45) is 0 Å². The molecule has 0 aliphatic carbocycles. The van der Waals surface area contributed by atoms with Crippen LogP contribution in [0.1, 0.15) is 31.7 Å². The molecule has 0 aromatic carbocycles. The molecule has 2 aliphatic rings. The van der Waals surface area contributed by atoms with Gasteiger partial charge < -0.3 is 9.80 Å². The van der Waals surface area contributed by atoms with Gasteiger partial charge in [0.25, 0.3) is 0 Å². The van der Waals surface area contributed by atoms with Gasteiger partial charge >= 0.3 is 6.03 Å². The molecular weight excluding hydrogens is 268 g/mol. The lowest BCUT2D eigenvalue weighted by atomic mass is 10.0. The zero-order valence-electron chi connectivity index (χ0n) is 12.4. The van der Waals surface area contributed by atoms with Crippen LogP contribution in [0.25, 0.3) is 0 Å². The first-order chi connectivity index (χ1) is 10.0. The lowest BCUT2D eigenvalue weighted by molar-refractivity contribution is -0.121. The van der Waals surface area contributed by atoms with Gasteiger partial charge in [0.15, 0.2) is 0 Å². The monoisotopic (exact) mass is 288 g/mol. The summed E-state index contributed by atoms with van der Waals surface area (Å²) in [6, 6.07) is 4.04. The molecule has 1 aromatic heterocycles. The number of hydrogen-bond acceptors (Lipinski definition) is 4. The predicted octanol–water partition coefficient (Wildman–Crippen LogP) is 1.34. The molecule has 0 bridgehead atoms. The minimum Gasteiger partial charge on any atom is -0.352 e. The van der Waals surface area contributed by atoms with E-state index in [2.05, 4.69) is 35.1 Å². The third kappa shape index (κ3) is 2.70. The van der Waals surface area contributed by atoms with E-state index in [0.717, 1.165) is 18.9 Å². The second kappa shape index (κ2) is 5.35. The summed E-state index contributed by atoms with van der Waals surface area (Å²) in [4.78, 5) is 31.3. The fraction of sp³-hybridized carbons (Fsp3) is 0.533. The zero-order chi connectivity index (χ0) is 15.0. The normalized spacial score (nSPS) is 19.8. The molecular formula is C15H20N4O2. The van der Waals surface area contributed by atoms with Crippen LogP contribution in [0.15, 0.2) is 18.3 Å². The first kappa shape index (κ1) is 13.9. The Labute approximate surface area is 124 Å². The predicted molar refractivity (Wildman–Crippen MR) is 79.2 cm³/mol. The average Bonchev–Trinajstić information content (AvgIpc) is 2.40. The fourth-order valence-electron chi connectivity index (χ4n) is 2.69. The molecule has 6 nitrogen and oxygen atoms in total. The highest BCUT2D eigenvalue weighted by molar-refractivity contribution is 5.96. The van der Waals surface area contributed by atoms with E-state index >= 15 is 0 Å². The summed E-state index contributed by atoms with van der Waals surface area (Å²) < 4.78 is 0. The van der Waals surface area contributed by atoms with Crippen molar-refractivity contribution in [2.45, 2.75) is 32.2 Å². The van der Waals surface area contributed by atoms with Gasteiger partial charge in [0.1, 0.15) is 5.82 Å². The van der Waals surface area contributed by atoms with Crippen molar-refractivity contribution in [2.75, 3.05) is 24.5 Å². The van der Waals surface area contributed by atoms with Crippen LogP contribution in [0.3, 0.4) is 0 Å². The summed E-state index contributed by atoms with van der Waals surface area (Å²) >= 11 is 0. The van der Waals surface area contributed by atoms with Crippen molar-refractivity contribution in [3.8, 4) is 0 Å². The molecule has 2 aliphatic heterocycles. The van der Waals surface area contributed by atoms with E-state index in [1.807, 2.05) is 12.3 Å². The van der Waals surface area contributed by atoms with Crippen LogP contribution in [-0.4, -0.2) is 47.5 Å². The molecule has 3 amide bonds. The first-order valence-electron chi connectivity index (χ1n) is 7.36. The number of imide groups is 1. The van der Waals surface area contributed by atoms with Gasteiger partial charge in [0.05, 0.1) is 6.04 Å². The quantitative estimate of drug-likeness (QED) is 0.911. The summed E-state index contributed by atoms with van der Waals surface area (Å²) in [6.07, 6.45) is 2.31. The molecule has 2 fully saturated rings. The molecule has 112 valence electrons. The number of hydrogen-bond donors (Lipinski definition) is 1. The maximum absolute atomic E-state index is 11.8. The second-order valence-electron chi connectivity index (χ2n) is 5.96. The van der Waals surface area contributed by atoms with Gasteiger partial charge in [-0.05, 0) is 17.5 Å². The molecule has 6 heteroatoms. The van der Waals surface area contributed by atoms with E-state index < -0.39 is 0 Å². The van der Waals surface area contributed by atoms with Gasteiger partial charge in [-0.25, -0.2) is 9.78 Å². The number of pyridine rings is 1. The van der Waals surface area contributed by atoms with Gasteiger partial charge in [0.2, 0.25) is 5.91 Å². The maximum Gasteiger partial charge on any atom is 0.324 e. The van der Waals surface area contributed by atoms with Crippen LogP contribution in [0, 0.1) is 0 Å². The molecule has 0 saturated carbocycles. The zero-order valence-corrected chi connectivity index (χ0v) is 12.4. The average molecular weight is 288 g/mol. The van der Waals surface area contributed by atoms with E-state index in [4.69, 9.17) is 0 Å². The van der Waals surface area contributed by atoms with Gasteiger partial charge in [-0.15, -0.1) is 0 Å². The van der Waals surface area contributed by atoms with Crippen molar-refractivity contribution < 1.29 is 9.59 Å². The van der Waals surface area contributed by atoms with Crippen LogP contribution in [0.2, 0.25) is 0 Å². The van der Waals surface area contributed by atoms with Gasteiger partial charge in [-0.2, -0.15) is 0 Å². The summed E-state index contributed by atoms with van der Waals surface area (Å²) in [7, 11) is 0. The Morgan fingerprint density at radius 1 is 1.29 bits per heavy atom. The number of nitrogens with zero attached hydrogens (tertiary/aromatic N) is 3. The van der Waals surface area contributed by atoms with E-state index in [1.165, 1.54) is 5.56 Å². The lowest BCUT2D eigenvalue weighted by Crippen LogP contribution is -2.65. The number of aromatic nitrogens is 1. The Bertz CT molecular complexity index is 549. The molecule has 1 N–H and O–H groups in total. The summed E-state index contributed by atoms with van der Waals surface area (Å²) in [5.74, 6) is 1.24. The molecule has 0 unspecified atom stereocenters. The van der Waals surface area contributed by atoms with Crippen molar-refractivity contribution in [3.05, 3.63) is 23.9 Å². The van der Waals surface area contributed by atoms with Gasteiger partial charge in [-0.1, -0.05) is 19.9 Å². The molecule has 0 atom stereocenters. The first-order valence-corrected chi connectivity index (χ1v) is 7.36. The molecule has 2 saturated heterocycles. The standard InChI is InChI=1S/C15H20N4O2/c1-10(2)11-3-4-13(16-7-11)18-8-12(9-18)19-6-5-14(20)17-15(19)21/h3-4,7,10,12H,5-6,8-9H2,1-2H3,(H,17,20,21). The number of anilines is 1. The van der Waals surface area contributed by atoms with Crippen molar-refractivity contribution in [1.29, 1.82) is 0 Å². The highest BCUT2D eigenvalue weighted by Gasteiger charge is 2.37. The fourth-order valence-corrected chi connectivity index (χ4v) is 2.69. The minimum absolute atomic E-state index is 0.171. The van der Waals surface area contributed by atoms with Crippen molar-refractivity contribution in [1.82, 2.24) is 15.2 Å². The number of urea groups is 1. The Kier molecular flexibility index (Phi) is 3.53. The van der Waals surface area contributed by atoms with Crippen LogP contribution < -0.4 is 10.2 Å². The maximum atomic E-state index is 11.8. The van der Waals surface area contributed by atoms with Gasteiger partial charge in [-0.3, -0.25) is 10.1 Å². The van der Waals surface area contributed by atoms with E-state index in [9.17, 15) is 9.59 Å². The molecule has 0 spiro atoms. The molecule has 1 aromatic rings. The SMILES string of the molecule is CC(C)c1ccc(N2CC(N3CCC(=O)NC3=O)C2)nc1. The van der Waals surface area contributed by atoms with Crippen LogP contribution in [-0.2, 0) is 4.79 Å². The molecule has 21 heavy (non-hydrogen) atoms. The Morgan fingerprint density at radius 3 is 2.62 bits per heavy atom. The van der Waals surface area contributed by atoms with Crippen molar-refractivity contribution >= 4 is 17.8 Å². The summed E-state index contributed by atoms with van der Waals surface area (Å²) in [6.45, 7) is 6.35. The van der Waals surface area contributed by atoms with E-state index in [-0.39, 0.29) is 18.0 Å². The largest absolute Gasteiger partial charge is 0.352 e. The smallest absolute Gasteiger partial charge is 0.324 e. The van der Waals surface area contributed by atoms with Crippen LogP contribution in [0.4, 0.5) is 10.6 Å². The Balaban J connectivity index is 1.58. The topological polar surface area (TPSA) is 65.5 Å². The molecule has 3 rings (SSSR count).